The molecule has 1 aromatic heterocycles. The summed E-state index contributed by atoms with van der Waals surface area (Å²) in [7, 11) is 1.66. The molecule has 2 aliphatic heterocycles. The molecular weight excluding hydrogens is 362 g/mol. The Morgan fingerprint density at radius 2 is 1.86 bits per heavy atom. The van der Waals surface area contributed by atoms with Crippen molar-refractivity contribution in [2.45, 2.75) is 25.0 Å². The maximum Gasteiger partial charge on any atom is 0.244 e. The van der Waals surface area contributed by atoms with Crippen molar-refractivity contribution in [3.05, 3.63) is 78.6 Å². The average Bonchev–Trinajstić information content (AvgIpc) is 3.32. The van der Waals surface area contributed by atoms with E-state index in [4.69, 9.17) is 4.74 Å². The molecule has 0 radical (unpaired) electrons. The molecule has 2 aliphatic rings. The molecule has 3 heterocycles. The molecule has 2 saturated heterocycles. The van der Waals surface area contributed by atoms with E-state index in [-0.39, 0.29) is 18.0 Å². The summed E-state index contributed by atoms with van der Waals surface area (Å²) in [5, 5.41) is 0. The fourth-order valence-corrected chi connectivity index (χ4v) is 4.54. The Bertz CT molecular complexity index is 1020. The van der Waals surface area contributed by atoms with Gasteiger partial charge in [0, 0.05) is 19.3 Å². The topological polar surface area (TPSA) is 45.7 Å². The SMILES string of the molecule is COc1ccc(-c2ccccc2)cc1N1C(=O)[C@@H]2C[C@H]1CN2Cc1ccccn1. The van der Waals surface area contributed by atoms with E-state index in [1.165, 1.54) is 0 Å². The van der Waals surface area contributed by atoms with Gasteiger partial charge in [0.05, 0.1) is 30.6 Å². The number of benzene rings is 2. The van der Waals surface area contributed by atoms with Crippen LogP contribution in [0.4, 0.5) is 5.69 Å². The lowest BCUT2D eigenvalue weighted by atomic mass is 10.0. The normalized spacial score (nSPS) is 21.0. The molecule has 5 rings (SSSR count). The molecule has 5 nitrogen and oxygen atoms in total. The number of nitrogens with zero attached hydrogens (tertiary/aromatic N) is 3. The van der Waals surface area contributed by atoms with E-state index in [0.29, 0.717) is 6.54 Å². The number of amides is 1. The first-order valence-corrected chi connectivity index (χ1v) is 9.95. The lowest BCUT2D eigenvalue weighted by molar-refractivity contribution is -0.122. The molecule has 2 atom stereocenters. The van der Waals surface area contributed by atoms with Crippen molar-refractivity contribution < 1.29 is 9.53 Å². The van der Waals surface area contributed by atoms with Crippen LogP contribution in [0.25, 0.3) is 11.1 Å². The maximum atomic E-state index is 13.3. The predicted molar refractivity (Wildman–Crippen MR) is 113 cm³/mol. The number of likely N-dealkylation sites (tertiary alicyclic amines) is 1. The van der Waals surface area contributed by atoms with Crippen molar-refractivity contribution >= 4 is 11.6 Å². The number of carbonyl (C=O) groups is 1. The Hall–Kier alpha value is -3.18. The van der Waals surface area contributed by atoms with E-state index in [1.54, 1.807) is 13.3 Å². The molecule has 146 valence electrons. The van der Waals surface area contributed by atoms with Crippen LogP contribution in [-0.4, -0.2) is 41.5 Å². The van der Waals surface area contributed by atoms with Crippen molar-refractivity contribution in [2.24, 2.45) is 0 Å². The maximum absolute atomic E-state index is 13.3. The summed E-state index contributed by atoms with van der Waals surface area (Å²) in [5.41, 5.74) is 4.08. The smallest absolute Gasteiger partial charge is 0.244 e. The summed E-state index contributed by atoms with van der Waals surface area (Å²) >= 11 is 0. The van der Waals surface area contributed by atoms with Crippen molar-refractivity contribution in [1.82, 2.24) is 9.88 Å². The van der Waals surface area contributed by atoms with Crippen LogP contribution >= 0.6 is 0 Å². The molecule has 1 amide bonds. The number of piperazine rings is 1. The number of methoxy groups -OCH3 is 1. The van der Waals surface area contributed by atoms with Gasteiger partial charge < -0.3 is 9.64 Å². The molecule has 5 heteroatoms. The molecular formula is C24H23N3O2. The number of ether oxygens (including phenoxy) is 1. The summed E-state index contributed by atoms with van der Waals surface area (Å²) in [6.07, 6.45) is 2.65. The molecule has 2 aromatic carbocycles. The lowest BCUT2D eigenvalue weighted by Gasteiger charge is -2.34. The highest BCUT2D eigenvalue weighted by Gasteiger charge is 2.50. The number of carbonyl (C=O) groups excluding carboxylic acids is 1. The largest absolute Gasteiger partial charge is 0.495 e. The van der Waals surface area contributed by atoms with Crippen LogP contribution in [0.5, 0.6) is 5.75 Å². The van der Waals surface area contributed by atoms with Gasteiger partial charge in [-0.1, -0.05) is 42.5 Å². The quantitative estimate of drug-likeness (QED) is 0.671. The molecule has 0 spiro atoms. The Labute approximate surface area is 170 Å². The first-order valence-electron chi connectivity index (χ1n) is 9.95. The first-order chi connectivity index (χ1) is 14.2. The van der Waals surface area contributed by atoms with Crippen molar-refractivity contribution in [2.75, 3.05) is 18.6 Å². The number of fused-ring (bicyclic) bond motifs is 2. The predicted octanol–water partition coefficient (Wildman–Crippen LogP) is 3.75. The minimum absolute atomic E-state index is 0.0907. The van der Waals surface area contributed by atoms with Crippen LogP contribution in [0.1, 0.15) is 12.1 Å². The molecule has 2 bridgehead atoms. The summed E-state index contributed by atoms with van der Waals surface area (Å²) in [5.74, 6) is 0.891. The van der Waals surface area contributed by atoms with Gasteiger partial charge in [-0.15, -0.1) is 0 Å². The van der Waals surface area contributed by atoms with E-state index in [1.807, 2.05) is 53.4 Å². The zero-order valence-electron chi connectivity index (χ0n) is 16.4. The third-order valence-corrected chi connectivity index (χ3v) is 5.91. The van der Waals surface area contributed by atoms with Crippen molar-refractivity contribution in [1.29, 1.82) is 0 Å². The van der Waals surface area contributed by atoms with E-state index in [0.717, 1.165) is 41.2 Å². The Morgan fingerprint density at radius 3 is 2.59 bits per heavy atom. The van der Waals surface area contributed by atoms with Crippen LogP contribution in [0.3, 0.4) is 0 Å². The van der Waals surface area contributed by atoms with Crippen LogP contribution < -0.4 is 9.64 Å². The summed E-state index contributed by atoms with van der Waals surface area (Å²) in [4.78, 5) is 21.9. The number of anilines is 1. The zero-order valence-corrected chi connectivity index (χ0v) is 16.4. The average molecular weight is 385 g/mol. The van der Waals surface area contributed by atoms with Crippen LogP contribution in [-0.2, 0) is 11.3 Å². The van der Waals surface area contributed by atoms with E-state index < -0.39 is 0 Å². The molecule has 2 fully saturated rings. The number of hydrogen-bond acceptors (Lipinski definition) is 4. The number of hydrogen-bond donors (Lipinski definition) is 0. The summed E-state index contributed by atoms with van der Waals surface area (Å²) in [6, 6.07) is 22.3. The van der Waals surface area contributed by atoms with Crippen LogP contribution in [0.15, 0.2) is 72.9 Å². The Balaban J connectivity index is 1.43. The van der Waals surface area contributed by atoms with Crippen LogP contribution in [0, 0.1) is 0 Å². The standard InChI is InChI=1S/C24H23N3O2/c1-29-23-11-10-18(17-7-3-2-4-8-17)13-21(23)27-20-14-22(24(27)28)26(16-20)15-19-9-5-6-12-25-19/h2-13,20,22H,14-16H2,1H3/t20-,22-/m0/s1. The van der Waals surface area contributed by atoms with Gasteiger partial charge in [-0.2, -0.15) is 0 Å². The van der Waals surface area contributed by atoms with Gasteiger partial charge in [0.25, 0.3) is 0 Å². The van der Waals surface area contributed by atoms with Gasteiger partial charge in [-0.25, -0.2) is 0 Å². The Morgan fingerprint density at radius 1 is 1.03 bits per heavy atom. The van der Waals surface area contributed by atoms with Crippen LogP contribution in [0.2, 0.25) is 0 Å². The van der Waals surface area contributed by atoms with Crippen molar-refractivity contribution in [3.8, 4) is 16.9 Å². The monoisotopic (exact) mass is 385 g/mol. The molecule has 0 saturated carbocycles. The Kier molecular flexibility index (Phi) is 4.52. The second-order valence-electron chi connectivity index (χ2n) is 7.62. The fourth-order valence-electron chi connectivity index (χ4n) is 4.54. The van der Waals surface area contributed by atoms with E-state index in [2.05, 4.69) is 28.1 Å². The van der Waals surface area contributed by atoms with Gasteiger partial charge in [0.2, 0.25) is 5.91 Å². The molecule has 3 aromatic rings. The highest BCUT2D eigenvalue weighted by molar-refractivity contribution is 6.03. The zero-order chi connectivity index (χ0) is 19.8. The number of pyridine rings is 1. The lowest BCUT2D eigenvalue weighted by Crippen LogP contribution is -2.50. The van der Waals surface area contributed by atoms with Gasteiger partial charge in [-0.3, -0.25) is 14.7 Å². The number of rotatable bonds is 5. The van der Waals surface area contributed by atoms with E-state index >= 15 is 0 Å². The number of aromatic nitrogens is 1. The molecule has 29 heavy (non-hydrogen) atoms. The van der Waals surface area contributed by atoms with E-state index in [9.17, 15) is 4.79 Å². The molecule has 0 aliphatic carbocycles. The fraction of sp³-hybridized carbons (Fsp3) is 0.250. The third-order valence-electron chi connectivity index (χ3n) is 5.91. The first kappa shape index (κ1) is 17.9. The molecule has 0 unspecified atom stereocenters. The van der Waals surface area contributed by atoms with Crippen molar-refractivity contribution in [3.63, 3.8) is 0 Å². The van der Waals surface area contributed by atoms with Gasteiger partial charge >= 0.3 is 0 Å². The highest BCUT2D eigenvalue weighted by atomic mass is 16.5. The third kappa shape index (κ3) is 3.17. The second-order valence-corrected chi connectivity index (χ2v) is 7.62. The summed E-state index contributed by atoms with van der Waals surface area (Å²) < 4.78 is 5.61. The van der Waals surface area contributed by atoms with Gasteiger partial charge in [0.15, 0.2) is 0 Å². The molecule has 0 N–H and O–H groups in total. The minimum atomic E-state index is -0.0907. The summed E-state index contributed by atoms with van der Waals surface area (Å²) in [6.45, 7) is 1.56. The highest BCUT2D eigenvalue weighted by Crippen LogP contribution is 2.42. The van der Waals surface area contributed by atoms with Gasteiger partial charge in [0.1, 0.15) is 5.75 Å². The minimum Gasteiger partial charge on any atom is -0.495 e. The van der Waals surface area contributed by atoms with Gasteiger partial charge in [-0.05, 0) is 41.8 Å². The second kappa shape index (κ2) is 7.33.